The molecule has 0 N–H and O–H groups in total. The van der Waals surface area contributed by atoms with Gasteiger partial charge in [-0.15, -0.1) is 0 Å². The van der Waals surface area contributed by atoms with E-state index in [-0.39, 0.29) is 5.69 Å². The Bertz CT molecular complexity index is 559. The van der Waals surface area contributed by atoms with Crippen LogP contribution in [0.2, 0.25) is 0 Å². The Kier molecular flexibility index (Phi) is 6.73. The molecule has 0 spiro atoms. The second-order valence-electron chi connectivity index (χ2n) is 6.49. The molecular formula is C18H26N2O4. The molecule has 1 fully saturated rings. The lowest BCUT2D eigenvalue weighted by molar-refractivity contribution is -0.384. The Labute approximate surface area is 142 Å². The van der Waals surface area contributed by atoms with E-state index < -0.39 is 10.9 Å². The lowest BCUT2D eigenvalue weighted by atomic mass is 9.91. The number of likely N-dealkylation sites (tertiary alicyclic amines) is 1. The van der Waals surface area contributed by atoms with Crippen LogP contribution in [-0.2, 0) is 4.74 Å². The van der Waals surface area contributed by atoms with Crippen LogP contribution in [0.5, 0.6) is 0 Å². The minimum atomic E-state index is -0.488. The molecule has 0 saturated carbocycles. The van der Waals surface area contributed by atoms with Gasteiger partial charge in [-0.05, 0) is 44.2 Å². The third kappa shape index (κ3) is 5.03. The maximum Gasteiger partial charge on any atom is 0.338 e. The average molecular weight is 334 g/mol. The second-order valence-corrected chi connectivity index (χ2v) is 6.49. The molecular weight excluding hydrogens is 308 g/mol. The molecule has 1 saturated heterocycles. The maximum absolute atomic E-state index is 11.9. The number of nitro benzene ring substituents is 1. The fourth-order valence-electron chi connectivity index (χ4n) is 3.14. The second kappa shape index (κ2) is 8.78. The smallest absolute Gasteiger partial charge is 0.338 e. The number of nitrogens with zero attached hydrogens (tertiary/aromatic N) is 2. The minimum absolute atomic E-state index is 0.0314. The van der Waals surface area contributed by atoms with Crippen molar-refractivity contribution >= 4 is 11.7 Å². The van der Waals surface area contributed by atoms with Crippen molar-refractivity contribution in [2.45, 2.75) is 45.6 Å². The summed E-state index contributed by atoms with van der Waals surface area (Å²) < 4.78 is 5.27. The summed E-state index contributed by atoms with van der Waals surface area (Å²) in [6.45, 7) is 6.94. The number of hydrogen-bond acceptors (Lipinski definition) is 5. The monoisotopic (exact) mass is 334 g/mol. The standard InChI is InChI=1S/C18H26N2O4/c1-3-15-6-5-14(2)19(13-15)11-4-12-24-18(21)16-7-9-17(10-8-16)20(22)23/h7-10,14-15H,3-6,11-13H2,1-2H3. The Balaban J connectivity index is 1.73. The molecule has 1 aromatic carbocycles. The Morgan fingerprint density at radius 3 is 2.67 bits per heavy atom. The molecule has 24 heavy (non-hydrogen) atoms. The third-order valence-electron chi connectivity index (χ3n) is 4.82. The van der Waals surface area contributed by atoms with E-state index in [4.69, 9.17) is 4.74 Å². The van der Waals surface area contributed by atoms with E-state index >= 15 is 0 Å². The SMILES string of the molecule is CCC1CCC(C)N(CCCOC(=O)c2ccc([N+](=O)[O-])cc2)C1. The van der Waals surface area contributed by atoms with Gasteiger partial charge in [-0.25, -0.2) is 4.79 Å². The van der Waals surface area contributed by atoms with Crippen LogP contribution >= 0.6 is 0 Å². The first kappa shape index (κ1) is 18.4. The van der Waals surface area contributed by atoms with Crippen molar-refractivity contribution < 1.29 is 14.5 Å². The van der Waals surface area contributed by atoms with Crippen molar-refractivity contribution in [3.63, 3.8) is 0 Å². The number of ether oxygens (including phenoxy) is 1. The highest BCUT2D eigenvalue weighted by atomic mass is 16.6. The van der Waals surface area contributed by atoms with Crippen molar-refractivity contribution in [2.24, 2.45) is 5.92 Å². The molecule has 2 unspecified atom stereocenters. The zero-order valence-electron chi connectivity index (χ0n) is 14.4. The third-order valence-corrected chi connectivity index (χ3v) is 4.82. The average Bonchev–Trinajstić information content (AvgIpc) is 2.60. The zero-order chi connectivity index (χ0) is 17.5. The summed E-state index contributed by atoms with van der Waals surface area (Å²) in [4.78, 5) is 24.5. The summed E-state index contributed by atoms with van der Waals surface area (Å²) in [5.41, 5.74) is 0.314. The molecule has 0 aromatic heterocycles. The van der Waals surface area contributed by atoms with Gasteiger partial charge in [-0.3, -0.25) is 10.1 Å². The van der Waals surface area contributed by atoms with Crippen LogP contribution < -0.4 is 0 Å². The number of piperidine rings is 1. The van der Waals surface area contributed by atoms with Crippen molar-refractivity contribution in [3.05, 3.63) is 39.9 Å². The highest BCUT2D eigenvalue weighted by molar-refractivity contribution is 5.89. The largest absolute Gasteiger partial charge is 0.462 e. The number of benzene rings is 1. The molecule has 1 aliphatic rings. The van der Waals surface area contributed by atoms with Gasteiger partial charge in [0.25, 0.3) is 5.69 Å². The van der Waals surface area contributed by atoms with E-state index in [0.717, 1.165) is 25.4 Å². The highest BCUT2D eigenvalue weighted by Gasteiger charge is 2.23. The lowest BCUT2D eigenvalue weighted by Crippen LogP contribution is -2.42. The minimum Gasteiger partial charge on any atom is -0.462 e. The van der Waals surface area contributed by atoms with Gasteiger partial charge in [0.1, 0.15) is 0 Å². The summed E-state index contributed by atoms with van der Waals surface area (Å²) in [6.07, 6.45) is 4.57. The van der Waals surface area contributed by atoms with Gasteiger partial charge >= 0.3 is 5.97 Å². The van der Waals surface area contributed by atoms with E-state index in [9.17, 15) is 14.9 Å². The van der Waals surface area contributed by atoms with Gasteiger partial charge in [0.2, 0.25) is 0 Å². The van der Waals surface area contributed by atoms with Crippen LogP contribution in [0.3, 0.4) is 0 Å². The van der Waals surface area contributed by atoms with E-state index in [1.165, 1.54) is 43.5 Å². The van der Waals surface area contributed by atoms with Crippen LogP contribution in [0.4, 0.5) is 5.69 Å². The Morgan fingerprint density at radius 1 is 1.33 bits per heavy atom. The van der Waals surface area contributed by atoms with Crippen molar-refractivity contribution in [1.29, 1.82) is 0 Å². The summed E-state index contributed by atoms with van der Waals surface area (Å²) in [5, 5.41) is 10.6. The number of carbonyl (C=O) groups excluding carboxylic acids is 1. The molecule has 6 nitrogen and oxygen atoms in total. The van der Waals surface area contributed by atoms with Gasteiger partial charge in [0.15, 0.2) is 0 Å². The van der Waals surface area contributed by atoms with Gasteiger partial charge in [-0.2, -0.15) is 0 Å². The number of esters is 1. The van der Waals surface area contributed by atoms with Crippen molar-refractivity contribution in [3.8, 4) is 0 Å². The number of nitro groups is 1. The lowest BCUT2D eigenvalue weighted by Gasteiger charge is -2.37. The van der Waals surface area contributed by atoms with E-state index in [1.807, 2.05) is 0 Å². The predicted octanol–water partition coefficient (Wildman–Crippen LogP) is 3.65. The summed E-state index contributed by atoms with van der Waals surface area (Å²) in [7, 11) is 0. The van der Waals surface area contributed by atoms with Crippen molar-refractivity contribution in [1.82, 2.24) is 4.90 Å². The fraction of sp³-hybridized carbons (Fsp3) is 0.611. The molecule has 2 rings (SSSR count). The fourth-order valence-corrected chi connectivity index (χ4v) is 3.14. The van der Waals surface area contributed by atoms with Crippen LogP contribution in [0.15, 0.2) is 24.3 Å². The number of non-ortho nitro benzene ring substituents is 1. The zero-order valence-corrected chi connectivity index (χ0v) is 14.4. The molecule has 0 aliphatic carbocycles. The van der Waals surface area contributed by atoms with Crippen LogP contribution in [0.1, 0.15) is 49.9 Å². The summed E-state index contributed by atoms with van der Waals surface area (Å²) >= 11 is 0. The molecule has 2 atom stereocenters. The Hall–Kier alpha value is -1.95. The van der Waals surface area contributed by atoms with Crippen LogP contribution in [0.25, 0.3) is 0 Å². The summed E-state index contributed by atoms with van der Waals surface area (Å²) in [5.74, 6) is 0.354. The number of hydrogen-bond donors (Lipinski definition) is 0. The quantitative estimate of drug-likeness (QED) is 0.329. The van der Waals surface area contributed by atoms with Gasteiger partial charge in [0.05, 0.1) is 17.1 Å². The molecule has 6 heteroatoms. The molecule has 1 aliphatic heterocycles. The van der Waals surface area contributed by atoms with Crippen LogP contribution in [-0.4, -0.2) is 41.5 Å². The van der Waals surface area contributed by atoms with Gasteiger partial charge in [-0.1, -0.05) is 13.3 Å². The number of carbonyl (C=O) groups is 1. The molecule has 0 amide bonds. The van der Waals surface area contributed by atoms with Gasteiger partial charge < -0.3 is 9.64 Å². The van der Waals surface area contributed by atoms with E-state index in [2.05, 4.69) is 18.7 Å². The molecule has 1 heterocycles. The first-order chi connectivity index (χ1) is 11.5. The maximum atomic E-state index is 11.9. The first-order valence-electron chi connectivity index (χ1n) is 8.67. The molecule has 1 aromatic rings. The van der Waals surface area contributed by atoms with Crippen LogP contribution in [0, 0.1) is 16.0 Å². The molecule has 132 valence electrons. The summed E-state index contributed by atoms with van der Waals surface area (Å²) in [6, 6.07) is 6.09. The van der Waals surface area contributed by atoms with E-state index in [1.54, 1.807) is 0 Å². The number of rotatable bonds is 7. The molecule has 0 bridgehead atoms. The van der Waals surface area contributed by atoms with E-state index in [0.29, 0.717) is 18.2 Å². The van der Waals surface area contributed by atoms with Crippen molar-refractivity contribution in [2.75, 3.05) is 19.7 Å². The molecule has 0 radical (unpaired) electrons. The topological polar surface area (TPSA) is 72.7 Å². The predicted molar refractivity (Wildman–Crippen MR) is 92.0 cm³/mol. The normalized spacial score (nSPS) is 21.4. The highest BCUT2D eigenvalue weighted by Crippen LogP contribution is 2.24. The Morgan fingerprint density at radius 2 is 2.04 bits per heavy atom. The van der Waals surface area contributed by atoms with Gasteiger partial charge in [0, 0.05) is 31.3 Å². The first-order valence-corrected chi connectivity index (χ1v) is 8.67.